The standard InChI is InChI=1S/C27H33BrN2O3S/c1-4-33-27(32)25-23(17-34-19-13-9-6-10-14-19)30(18-11-7-5-8-12-18)22-15-21(28)26(31)20(24(22)25)16-29(2)3/h6,9-10,13-15,18,31H,4-5,7-8,11-12,16-17H2,1-3H3. The summed E-state index contributed by atoms with van der Waals surface area (Å²) in [6.07, 6.45) is 5.78. The summed E-state index contributed by atoms with van der Waals surface area (Å²) in [6, 6.07) is 12.5. The number of fused-ring (bicyclic) bond motifs is 1. The van der Waals surface area contributed by atoms with Gasteiger partial charge in [0.1, 0.15) is 6.54 Å². The van der Waals surface area contributed by atoms with Crippen LogP contribution in [0.1, 0.15) is 66.7 Å². The average molecular weight is 546 g/mol. The summed E-state index contributed by atoms with van der Waals surface area (Å²) in [5.41, 5.74) is 3.21. The summed E-state index contributed by atoms with van der Waals surface area (Å²) in [4.78, 5) is 15.7. The number of benzene rings is 2. The van der Waals surface area contributed by atoms with Crippen molar-refractivity contribution in [2.24, 2.45) is 0 Å². The summed E-state index contributed by atoms with van der Waals surface area (Å²) in [7, 11) is 4.06. The number of ether oxygens (including phenoxy) is 1. The number of nitrogens with zero attached hydrogens (tertiary/aromatic N) is 1. The molecule has 4 rings (SSSR count). The molecule has 34 heavy (non-hydrogen) atoms. The van der Waals surface area contributed by atoms with Crippen LogP contribution in [0.2, 0.25) is 0 Å². The van der Waals surface area contributed by atoms with E-state index in [-0.39, 0.29) is 11.7 Å². The molecule has 0 spiro atoms. The number of quaternary nitrogens is 1. The van der Waals surface area contributed by atoms with Gasteiger partial charge in [0.2, 0.25) is 0 Å². The van der Waals surface area contributed by atoms with Crippen LogP contribution in [0.4, 0.5) is 0 Å². The van der Waals surface area contributed by atoms with E-state index in [2.05, 4.69) is 32.6 Å². The van der Waals surface area contributed by atoms with Gasteiger partial charge in [0.25, 0.3) is 0 Å². The Morgan fingerprint density at radius 3 is 2.56 bits per heavy atom. The summed E-state index contributed by atoms with van der Waals surface area (Å²) in [6.45, 7) is 2.67. The fraction of sp³-hybridized carbons (Fsp3) is 0.444. The van der Waals surface area contributed by atoms with E-state index in [4.69, 9.17) is 4.74 Å². The van der Waals surface area contributed by atoms with E-state index in [0.29, 0.717) is 40.5 Å². The van der Waals surface area contributed by atoms with Crippen molar-refractivity contribution in [2.75, 3.05) is 20.7 Å². The van der Waals surface area contributed by atoms with Gasteiger partial charge in [0.15, 0.2) is 0 Å². The molecular weight excluding hydrogens is 512 g/mol. The maximum atomic E-state index is 13.5. The predicted molar refractivity (Wildman–Crippen MR) is 140 cm³/mol. The number of halogens is 1. The molecule has 0 amide bonds. The first-order chi connectivity index (χ1) is 16.4. The van der Waals surface area contributed by atoms with Crippen molar-refractivity contribution in [1.29, 1.82) is 0 Å². The maximum Gasteiger partial charge on any atom is 0.340 e. The summed E-state index contributed by atoms with van der Waals surface area (Å²) in [5, 5.41) is 14.1. The molecule has 2 aromatic carbocycles. The Balaban J connectivity index is 1.99. The smallest absolute Gasteiger partial charge is 0.340 e. The molecular formula is C27H33BrN2O3S. The summed E-state index contributed by atoms with van der Waals surface area (Å²) < 4.78 is 8.51. The van der Waals surface area contributed by atoms with Gasteiger partial charge in [-0.15, -0.1) is 11.8 Å². The van der Waals surface area contributed by atoms with Crippen LogP contribution in [-0.2, 0) is 17.0 Å². The molecule has 1 aliphatic rings. The number of hydrogen-bond acceptors (Lipinski definition) is 4. The van der Waals surface area contributed by atoms with Crippen LogP contribution in [0.15, 0.2) is 45.8 Å². The lowest BCUT2D eigenvalue weighted by molar-refractivity contribution is -0.872. The van der Waals surface area contributed by atoms with Gasteiger partial charge in [-0.05, 0) is 38.0 Å². The first-order valence-electron chi connectivity index (χ1n) is 12.1. The minimum Gasteiger partial charge on any atom is -0.871 e. The number of hydrogen-bond donors (Lipinski definition) is 1. The average Bonchev–Trinajstić information content (AvgIpc) is 3.15. The van der Waals surface area contributed by atoms with E-state index in [1.165, 1.54) is 19.3 Å². The number of carbonyl (C=O) groups is 1. The van der Waals surface area contributed by atoms with Crippen molar-refractivity contribution in [3.8, 4) is 5.75 Å². The molecule has 0 atom stereocenters. The minimum atomic E-state index is -0.331. The Kier molecular flexibility index (Phi) is 8.27. The van der Waals surface area contributed by atoms with E-state index >= 15 is 0 Å². The molecule has 0 saturated heterocycles. The quantitative estimate of drug-likeness (QED) is 0.316. The molecule has 3 aromatic rings. The molecule has 0 radical (unpaired) electrons. The van der Waals surface area contributed by atoms with E-state index < -0.39 is 0 Å². The maximum absolute atomic E-state index is 13.5. The highest BCUT2D eigenvalue weighted by Gasteiger charge is 2.30. The molecule has 1 N–H and O–H groups in total. The first kappa shape index (κ1) is 25.1. The lowest BCUT2D eigenvalue weighted by Gasteiger charge is -2.27. The van der Waals surface area contributed by atoms with Gasteiger partial charge in [0, 0.05) is 37.8 Å². The van der Waals surface area contributed by atoms with Crippen molar-refractivity contribution in [3.05, 3.63) is 57.7 Å². The Labute approximate surface area is 214 Å². The normalized spacial score (nSPS) is 14.7. The molecule has 0 aliphatic heterocycles. The molecule has 0 unspecified atom stereocenters. The molecule has 7 heteroatoms. The van der Waals surface area contributed by atoms with Gasteiger partial charge in [0.05, 0.1) is 31.8 Å². The van der Waals surface area contributed by atoms with Gasteiger partial charge in [-0.3, -0.25) is 0 Å². The van der Waals surface area contributed by atoms with Gasteiger partial charge < -0.3 is 19.3 Å². The third-order valence-electron chi connectivity index (χ3n) is 6.47. The molecule has 1 heterocycles. The van der Waals surface area contributed by atoms with Crippen LogP contribution in [0.25, 0.3) is 10.9 Å². The molecule has 1 aromatic heterocycles. The highest BCUT2D eigenvalue weighted by Crippen LogP contribution is 2.43. The van der Waals surface area contributed by atoms with E-state index in [1.54, 1.807) is 11.8 Å². The highest BCUT2D eigenvalue weighted by atomic mass is 79.9. The Morgan fingerprint density at radius 1 is 1.21 bits per heavy atom. The van der Waals surface area contributed by atoms with Gasteiger partial charge >= 0.3 is 5.97 Å². The Hall–Kier alpha value is -1.96. The van der Waals surface area contributed by atoms with Crippen LogP contribution in [0.5, 0.6) is 5.75 Å². The zero-order valence-corrected chi connectivity index (χ0v) is 22.6. The third-order valence-corrected chi connectivity index (χ3v) is 8.08. The largest absolute Gasteiger partial charge is 0.871 e. The number of esters is 1. The topological polar surface area (TPSA) is 58.7 Å². The highest BCUT2D eigenvalue weighted by molar-refractivity contribution is 9.10. The predicted octanol–water partition coefficient (Wildman–Crippen LogP) is 5.10. The number of aromatic nitrogens is 1. The van der Waals surface area contributed by atoms with E-state index in [0.717, 1.165) is 39.2 Å². The SMILES string of the molecule is CCOC(=O)c1c(CSc2ccccc2)n(C2CCCCC2)c2cc(Br)c([O-])c(C[NH+](C)C)c12. The van der Waals surface area contributed by atoms with E-state index in [1.807, 2.05) is 45.3 Å². The fourth-order valence-electron chi connectivity index (χ4n) is 5.06. The summed E-state index contributed by atoms with van der Waals surface area (Å²) in [5.74, 6) is 0.272. The zero-order valence-electron chi connectivity index (χ0n) is 20.2. The van der Waals surface area contributed by atoms with Crippen LogP contribution in [0, 0.1) is 0 Å². The lowest BCUT2D eigenvalue weighted by Crippen LogP contribution is -3.04. The number of carbonyl (C=O) groups excluding carboxylic acids is 1. The molecule has 1 saturated carbocycles. The number of thioether (sulfide) groups is 1. The zero-order chi connectivity index (χ0) is 24.2. The monoisotopic (exact) mass is 544 g/mol. The minimum absolute atomic E-state index is 0.0395. The number of rotatable bonds is 8. The molecule has 1 aliphatic carbocycles. The van der Waals surface area contributed by atoms with Crippen LogP contribution < -0.4 is 10.0 Å². The van der Waals surface area contributed by atoms with Gasteiger partial charge in [-0.2, -0.15) is 0 Å². The number of nitrogens with one attached hydrogen (secondary N) is 1. The van der Waals surface area contributed by atoms with Crippen molar-refractivity contribution in [1.82, 2.24) is 4.57 Å². The van der Waals surface area contributed by atoms with Crippen molar-refractivity contribution >= 4 is 44.6 Å². The van der Waals surface area contributed by atoms with Gasteiger partial charge in [-0.25, -0.2) is 4.79 Å². The van der Waals surface area contributed by atoms with Gasteiger partial charge in [-0.1, -0.05) is 59.1 Å². The summed E-state index contributed by atoms with van der Waals surface area (Å²) >= 11 is 5.26. The Morgan fingerprint density at radius 2 is 1.91 bits per heavy atom. The molecule has 5 nitrogen and oxygen atoms in total. The van der Waals surface area contributed by atoms with E-state index in [9.17, 15) is 9.90 Å². The fourth-order valence-corrected chi connectivity index (χ4v) is 6.45. The van der Waals surface area contributed by atoms with Crippen LogP contribution in [-0.4, -0.2) is 31.2 Å². The molecule has 182 valence electrons. The first-order valence-corrected chi connectivity index (χ1v) is 13.9. The second-order valence-corrected chi connectivity index (χ2v) is 11.2. The lowest BCUT2D eigenvalue weighted by atomic mass is 9.95. The van der Waals surface area contributed by atoms with Crippen molar-refractivity contribution in [2.45, 2.75) is 62.3 Å². The Bertz CT molecular complexity index is 1150. The second-order valence-electron chi connectivity index (χ2n) is 9.25. The molecule has 0 bridgehead atoms. The van der Waals surface area contributed by atoms with Crippen LogP contribution >= 0.6 is 27.7 Å². The third kappa shape index (κ3) is 5.16. The van der Waals surface area contributed by atoms with Crippen molar-refractivity contribution in [3.63, 3.8) is 0 Å². The van der Waals surface area contributed by atoms with Crippen molar-refractivity contribution < 1.29 is 19.5 Å². The molecule has 1 fully saturated rings. The van der Waals surface area contributed by atoms with Crippen LogP contribution in [0.3, 0.4) is 0 Å². The second kappa shape index (κ2) is 11.2.